The predicted octanol–water partition coefficient (Wildman–Crippen LogP) is 2.22. The number of hydrogen-bond acceptors (Lipinski definition) is 5. The molecule has 0 aromatic heterocycles. The maximum Gasteiger partial charge on any atom is 0.339 e. The van der Waals surface area contributed by atoms with Crippen molar-refractivity contribution in [3.8, 4) is 11.5 Å². The molecular weight excluding hydrogens is 296 g/mol. The third kappa shape index (κ3) is 4.10. The molecule has 0 atom stereocenters. The van der Waals surface area contributed by atoms with Crippen molar-refractivity contribution in [1.82, 2.24) is 0 Å². The largest absolute Gasteiger partial charge is 0.493 e. The van der Waals surface area contributed by atoms with Gasteiger partial charge in [-0.05, 0) is 18.4 Å². The summed E-state index contributed by atoms with van der Waals surface area (Å²) >= 11 is 0. The summed E-state index contributed by atoms with van der Waals surface area (Å²) in [5.41, 5.74) is -0.236. The Bertz CT molecular complexity index is 619. The van der Waals surface area contributed by atoms with Crippen LogP contribution in [-0.4, -0.2) is 39.5 Å². The molecule has 7 heteroatoms. The molecule has 21 heavy (non-hydrogen) atoms. The summed E-state index contributed by atoms with van der Waals surface area (Å²) in [5.74, 6) is -0.989. The van der Waals surface area contributed by atoms with E-state index >= 15 is 0 Å². The fourth-order valence-corrected chi connectivity index (χ4v) is 3.39. The second-order valence-corrected chi connectivity index (χ2v) is 7.12. The Morgan fingerprint density at radius 3 is 2.29 bits per heavy atom. The van der Waals surface area contributed by atoms with Crippen LogP contribution in [0.3, 0.4) is 0 Å². The first-order chi connectivity index (χ1) is 9.72. The van der Waals surface area contributed by atoms with Gasteiger partial charge in [0.2, 0.25) is 0 Å². The van der Waals surface area contributed by atoms with Gasteiger partial charge in [0.05, 0.1) is 24.9 Å². The first-order valence-corrected chi connectivity index (χ1v) is 8.10. The van der Waals surface area contributed by atoms with Gasteiger partial charge in [-0.3, -0.25) is 0 Å². The van der Waals surface area contributed by atoms with Crippen molar-refractivity contribution in [3.63, 3.8) is 0 Å². The van der Waals surface area contributed by atoms with E-state index in [-0.39, 0.29) is 33.6 Å². The Morgan fingerprint density at radius 1 is 1.24 bits per heavy atom. The lowest BCUT2D eigenvalue weighted by molar-refractivity contribution is 0.0692. The summed E-state index contributed by atoms with van der Waals surface area (Å²) in [6.07, 6.45) is 0.499. The van der Waals surface area contributed by atoms with Gasteiger partial charge in [-0.25, -0.2) is 13.2 Å². The molecule has 6 nitrogen and oxygen atoms in total. The van der Waals surface area contributed by atoms with Gasteiger partial charge in [-0.2, -0.15) is 0 Å². The van der Waals surface area contributed by atoms with E-state index in [1.54, 1.807) is 0 Å². The molecule has 1 aromatic carbocycles. The second kappa shape index (κ2) is 6.80. The van der Waals surface area contributed by atoms with Crippen molar-refractivity contribution in [3.05, 3.63) is 17.7 Å². The lowest BCUT2D eigenvalue weighted by Gasteiger charge is -2.13. The van der Waals surface area contributed by atoms with E-state index in [0.717, 1.165) is 6.07 Å². The minimum Gasteiger partial charge on any atom is -0.493 e. The number of hydrogen-bond donors (Lipinski definition) is 1. The molecular formula is C14H20O6S. The zero-order valence-corrected chi connectivity index (χ0v) is 13.4. The van der Waals surface area contributed by atoms with Crippen LogP contribution < -0.4 is 9.47 Å². The van der Waals surface area contributed by atoms with Crippen molar-refractivity contribution in [2.24, 2.45) is 5.92 Å². The van der Waals surface area contributed by atoms with Gasteiger partial charge in [0, 0.05) is 6.07 Å². The van der Waals surface area contributed by atoms with Crippen LogP contribution in [0.2, 0.25) is 0 Å². The zero-order valence-electron chi connectivity index (χ0n) is 12.5. The minimum atomic E-state index is -3.57. The molecule has 0 fully saturated rings. The van der Waals surface area contributed by atoms with Crippen LogP contribution in [-0.2, 0) is 9.84 Å². The third-order valence-corrected chi connectivity index (χ3v) is 4.73. The van der Waals surface area contributed by atoms with Crippen molar-refractivity contribution in [2.75, 3.05) is 20.0 Å². The summed E-state index contributed by atoms with van der Waals surface area (Å²) in [5, 5.41) is 9.19. The highest BCUT2D eigenvalue weighted by atomic mass is 32.2. The smallest absolute Gasteiger partial charge is 0.339 e. The number of sulfone groups is 1. The number of rotatable bonds is 7. The number of benzene rings is 1. The van der Waals surface area contributed by atoms with Crippen LogP contribution in [0, 0.1) is 5.92 Å². The van der Waals surface area contributed by atoms with Gasteiger partial charge in [-0.15, -0.1) is 0 Å². The quantitative estimate of drug-likeness (QED) is 0.829. The minimum absolute atomic E-state index is 0.00723. The van der Waals surface area contributed by atoms with Crippen molar-refractivity contribution in [1.29, 1.82) is 0 Å². The number of carboxylic acids is 1. The van der Waals surface area contributed by atoms with E-state index in [0.29, 0.717) is 6.42 Å². The molecule has 0 aliphatic rings. The molecule has 1 N–H and O–H groups in total. The zero-order chi connectivity index (χ0) is 16.2. The molecule has 118 valence electrons. The fourth-order valence-electron chi connectivity index (χ4n) is 1.79. The molecule has 0 heterocycles. The van der Waals surface area contributed by atoms with Crippen LogP contribution in [0.1, 0.15) is 30.6 Å². The number of carboxylic acid groups (broad SMARTS) is 1. The van der Waals surface area contributed by atoms with Crippen LogP contribution in [0.4, 0.5) is 0 Å². The Balaban J connectivity index is 3.38. The maximum absolute atomic E-state index is 12.3. The molecule has 0 saturated heterocycles. The molecule has 1 aromatic rings. The van der Waals surface area contributed by atoms with Gasteiger partial charge in [-0.1, -0.05) is 13.8 Å². The average Bonchev–Trinajstić information content (AvgIpc) is 2.43. The molecule has 0 bridgehead atoms. The first kappa shape index (κ1) is 17.3. The SMILES string of the molecule is COc1cc(S(=O)(=O)CCC(C)C)cc(C(=O)O)c1OC. The number of methoxy groups -OCH3 is 2. The van der Waals surface area contributed by atoms with E-state index in [1.165, 1.54) is 20.3 Å². The lowest BCUT2D eigenvalue weighted by atomic mass is 10.2. The van der Waals surface area contributed by atoms with Gasteiger partial charge < -0.3 is 14.6 Å². The average molecular weight is 316 g/mol. The molecule has 0 aliphatic carbocycles. The highest BCUT2D eigenvalue weighted by molar-refractivity contribution is 7.91. The molecule has 0 unspecified atom stereocenters. The standard InChI is InChI=1S/C14H20O6S/c1-9(2)5-6-21(17,18)10-7-11(14(15)16)13(20-4)12(8-10)19-3/h7-9H,5-6H2,1-4H3,(H,15,16). The fraction of sp³-hybridized carbons (Fsp3) is 0.500. The molecule has 0 radical (unpaired) electrons. The monoisotopic (exact) mass is 316 g/mol. The first-order valence-electron chi connectivity index (χ1n) is 6.45. The lowest BCUT2D eigenvalue weighted by Crippen LogP contribution is -2.11. The Morgan fingerprint density at radius 2 is 1.86 bits per heavy atom. The Labute approximate surface area is 124 Å². The summed E-state index contributed by atoms with van der Waals surface area (Å²) in [6, 6.07) is 2.40. The van der Waals surface area contributed by atoms with Crippen LogP contribution in [0.15, 0.2) is 17.0 Å². The van der Waals surface area contributed by atoms with Crippen molar-refractivity contribution < 1.29 is 27.8 Å². The normalized spacial score (nSPS) is 11.5. The predicted molar refractivity (Wildman–Crippen MR) is 78.0 cm³/mol. The number of ether oxygens (including phenoxy) is 2. The van der Waals surface area contributed by atoms with E-state index in [9.17, 15) is 18.3 Å². The Kier molecular flexibility index (Phi) is 5.60. The van der Waals surface area contributed by atoms with Crippen LogP contribution in [0.25, 0.3) is 0 Å². The van der Waals surface area contributed by atoms with Crippen molar-refractivity contribution in [2.45, 2.75) is 25.2 Å². The van der Waals surface area contributed by atoms with Gasteiger partial charge in [0.25, 0.3) is 0 Å². The summed E-state index contributed by atoms with van der Waals surface area (Å²) in [7, 11) is -0.938. The van der Waals surface area contributed by atoms with Crippen molar-refractivity contribution >= 4 is 15.8 Å². The highest BCUT2D eigenvalue weighted by Gasteiger charge is 2.23. The van der Waals surface area contributed by atoms with Crippen LogP contribution in [0.5, 0.6) is 11.5 Å². The maximum atomic E-state index is 12.3. The summed E-state index contributed by atoms with van der Waals surface area (Å²) in [6.45, 7) is 3.85. The third-order valence-electron chi connectivity index (χ3n) is 3.01. The van der Waals surface area contributed by atoms with Gasteiger partial charge in [0.15, 0.2) is 21.3 Å². The van der Waals surface area contributed by atoms with E-state index in [2.05, 4.69) is 0 Å². The molecule has 0 aliphatic heterocycles. The topological polar surface area (TPSA) is 89.9 Å². The second-order valence-electron chi connectivity index (χ2n) is 5.01. The highest BCUT2D eigenvalue weighted by Crippen LogP contribution is 2.34. The number of carbonyl (C=O) groups is 1. The van der Waals surface area contributed by atoms with E-state index in [4.69, 9.17) is 9.47 Å². The Hall–Kier alpha value is -1.76. The summed E-state index contributed by atoms with van der Waals surface area (Å²) in [4.78, 5) is 11.2. The van der Waals surface area contributed by atoms with E-state index in [1.807, 2.05) is 13.8 Å². The van der Waals surface area contributed by atoms with Crippen LogP contribution >= 0.6 is 0 Å². The summed E-state index contributed by atoms with van der Waals surface area (Å²) < 4.78 is 34.6. The number of aromatic carboxylic acids is 1. The van der Waals surface area contributed by atoms with E-state index < -0.39 is 15.8 Å². The van der Waals surface area contributed by atoms with Gasteiger partial charge >= 0.3 is 5.97 Å². The molecule has 1 rings (SSSR count). The molecule has 0 saturated carbocycles. The molecule has 0 amide bonds. The van der Waals surface area contributed by atoms with Gasteiger partial charge in [0.1, 0.15) is 5.56 Å². The molecule has 0 spiro atoms.